The lowest BCUT2D eigenvalue weighted by atomic mass is 9.89. The van der Waals surface area contributed by atoms with E-state index in [1.54, 1.807) is 12.1 Å². The number of carbonyl (C=O) groups is 1. The predicted molar refractivity (Wildman–Crippen MR) is 121 cm³/mol. The van der Waals surface area contributed by atoms with E-state index in [-0.39, 0.29) is 23.6 Å². The Morgan fingerprint density at radius 1 is 1.06 bits per heavy atom. The molecule has 5 nitrogen and oxygen atoms in total. The third-order valence-corrected chi connectivity index (χ3v) is 5.37. The van der Waals surface area contributed by atoms with Crippen molar-refractivity contribution in [2.45, 2.75) is 40.1 Å². The Hall–Kier alpha value is -3.00. The van der Waals surface area contributed by atoms with Crippen molar-refractivity contribution in [2.24, 2.45) is 5.41 Å². The topological polar surface area (TPSA) is 52.5 Å². The largest absolute Gasteiger partial charge is 0.573 e. The number of hydrogen-bond donors (Lipinski definition) is 1. The van der Waals surface area contributed by atoms with Crippen molar-refractivity contribution in [3.63, 3.8) is 0 Å². The first kappa shape index (κ1) is 24.6. The predicted octanol–water partition coefficient (Wildman–Crippen LogP) is 5.77. The second-order valence-electron chi connectivity index (χ2n) is 8.66. The smallest absolute Gasteiger partial charge is 0.406 e. The average molecular weight is 463 g/mol. The van der Waals surface area contributed by atoms with E-state index in [0.717, 1.165) is 17.3 Å². The van der Waals surface area contributed by atoms with Crippen LogP contribution >= 0.6 is 0 Å². The quantitative estimate of drug-likeness (QED) is 0.389. The van der Waals surface area contributed by atoms with Gasteiger partial charge in [0.1, 0.15) is 11.4 Å². The first-order valence-corrected chi connectivity index (χ1v) is 10.9. The van der Waals surface area contributed by atoms with Crippen LogP contribution in [0.5, 0.6) is 5.75 Å². The number of nitrogens with zero attached hydrogens (tertiary/aromatic N) is 1. The van der Waals surface area contributed by atoms with Crippen molar-refractivity contribution in [1.82, 2.24) is 9.88 Å². The van der Waals surface area contributed by atoms with Crippen molar-refractivity contribution in [1.29, 1.82) is 0 Å². The number of hydrogen-bond acceptors (Lipinski definition) is 3. The fourth-order valence-electron chi connectivity index (χ4n) is 3.58. The Morgan fingerprint density at radius 3 is 2.55 bits per heavy atom. The minimum atomic E-state index is -4.77. The zero-order chi connectivity index (χ0) is 24.1. The van der Waals surface area contributed by atoms with Crippen LogP contribution in [-0.2, 0) is 11.3 Å². The lowest BCUT2D eigenvalue weighted by Gasteiger charge is -2.25. The Bertz CT molecular complexity index is 1090. The van der Waals surface area contributed by atoms with Crippen LogP contribution in [0.25, 0.3) is 10.9 Å². The van der Waals surface area contributed by atoms with Crippen molar-refractivity contribution >= 4 is 16.8 Å². The summed E-state index contributed by atoms with van der Waals surface area (Å²) in [5, 5.41) is 3.88. The summed E-state index contributed by atoms with van der Waals surface area (Å²) in [6.07, 6.45) is -3.96. The van der Waals surface area contributed by atoms with E-state index in [2.05, 4.69) is 23.9 Å². The number of alkyl halides is 3. The molecule has 2 aromatic carbocycles. The molecule has 0 radical (unpaired) electrons. The molecular formula is C25H29F3N2O3. The number of carbonyl (C=O) groups excluding carboxylic acids is 1. The van der Waals surface area contributed by atoms with E-state index in [1.807, 2.05) is 35.8 Å². The van der Waals surface area contributed by atoms with Gasteiger partial charge in [-0.05, 0) is 48.6 Å². The molecule has 8 heteroatoms. The SMILES string of the molecule is CCOCCC(C)(C)CNC(=O)c1cc2ccccc2n1Cc1cccc(OC(F)(F)F)c1. The molecular weight excluding hydrogens is 433 g/mol. The van der Waals surface area contributed by atoms with Crippen LogP contribution in [0.2, 0.25) is 0 Å². The van der Waals surface area contributed by atoms with Crippen molar-refractivity contribution in [2.75, 3.05) is 19.8 Å². The summed E-state index contributed by atoms with van der Waals surface area (Å²) in [5.41, 5.74) is 1.70. The maximum absolute atomic E-state index is 13.1. The molecule has 1 amide bonds. The molecule has 178 valence electrons. The lowest BCUT2D eigenvalue weighted by Crippen LogP contribution is -2.35. The van der Waals surface area contributed by atoms with E-state index in [9.17, 15) is 18.0 Å². The molecule has 3 aromatic rings. The van der Waals surface area contributed by atoms with Gasteiger partial charge in [-0.25, -0.2) is 0 Å². The van der Waals surface area contributed by atoms with E-state index < -0.39 is 6.36 Å². The normalized spacial score (nSPS) is 12.2. The Kier molecular flexibility index (Phi) is 7.68. The van der Waals surface area contributed by atoms with Crippen LogP contribution in [0.15, 0.2) is 54.6 Å². The van der Waals surface area contributed by atoms with Gasteiger partial charge in [-0.3, -0.25) is 4.79 Å². The van der Waals surface area contributed by atoms with Gasteiger partial charge in [-0.2, -0.15) is 0 Å². The van der Waals surface area contributed by atoms with Crippen LogP contribution in [0.4, 0.5) is 13.2 Å². The molecule has 0 aliphatic carbocycles. The van der Waals surface area contributed by atoms with Gasteiger partial charge < -0.3 is 19.4 Å². The molecule has 0 saturated carbocycles. The van der Waals surface area contributed by atoms with Gasteiger partial charge in [-0.15, -0.1) is 13.2 Å². The van der Waals surface area contributed by atoms with Crippen LogP contribution in [0.3, 0.4) is 0 Å². The molecule has 0 aliphatic rings. The minimum absolute atomic E-state index is 0.148. The molecule has 0 unspecified atom stereocenters. The van der Waals surface area contributed by atoms with Crippen LogP contribution in [-0.4, -0.2) is 36.6 Å². The zero-order valence-electron chi connectivity index (χ0n) is 19.0. The molecule has 0 atom stereocenters. The molecule has 0 fully saturated rings. The highest BCUT2D eigenvalue weighted by molar-refractivity contribution is 5.98. The standard InChI is InChI=1S/C25H29F3N2O3/c1-4-32-13-12-24(2,3)17-29-23(31)22-15-19-9-5-6-11-21(19)30(22)16-18-8-7-10-20(14-18)33-25(26,27)28/h5-11,14-15H,4,12-13,16-17H2,1-3H3,(H,29,31). The number of halogens is 3. The van der Waals surface area contributed by atoms with Crippen molar-refractivity contribution in [3.05, 3.63) is 65.9 Å². The molecule has 0 bridgehead atoms. The second-order valence-corrected chi connectivity index (χ2v) is 8.66. The monoisotopic (exact) mass is 462 g/mol. The molecule has 1 aromatic heterocycles. The Balaban J connectivity index is 1.83. The molecule has 1 N–H and O–H groups in total. The maximum atomic E-state index is 13.1. The molecule has 0 saturated heterocycles. The number of fused-ring (bicyclic) bond motifs is 1. The number of rotatable bonds is 10. The van der Waals surface area contributed by atoms with Crippen molar-refractivity contribution < 1.29 is 27.4 Å². The van der Waals surface area contributed by atoms with Gasteiger partial charge in [0, 0.05) is 37.2 Å². The fourth-order valence-corrected chi connectivity index (χ4v) is 3.58. The summed E-state index contributed by atoms with van der Waals surface area (Å²) < 4.78 is 49.1. The second kappa shape index (κ2) is 10.3. The summed E-state index contributed by atoms with van der Waals surface area (Å²) >= 11 is 0. The number of benzene rings is 2. The number of para-hydroxylation sites is 1. The third-order valence-electron chi connectivity index (χ3n) is 5.37. The maximum Gasteiger partial charge on any atom is 0.573 e. The highest BCUT2D eigenvalue weighted by Crippen LogP contribution is 2.26. The summed E-state index contributed by atoms with van der Waals surface area (Å²) in [7, 11) is 0. The minimum Gasteiger partial charge on any atom is -0.406 e. The summed E-state index contributed by atoms with van der Waals surface area (Å²) in [4.78, 5) is 13.1. The lowest BCUT2D eigenvalue weighted by molar-refractivity contribution is -0.274. The summed E-state index contributed by atoms with van der Waals surface area (Å²) in [6, 6.07) is 15.1. The first-order chi connectivity index (χ1) is 15.6. The molecule has 3 rings (SSSR count). The number of nitrogens with one attached hydrogen (secondary N) is 1. The summed E-state index contributed by atoms with van der Waals surface area (Å²) in [6.45, 7) is 8.03. The molecule has 33 heavy (non-hydrogen) atoms. The van der Waals surface area contributed by atoms with E-state index >= 15 is 0 Å². The van der Waals surface area contributed by atoms with E-state index in [4.69, 9.17) is 4.74 Å². The van der Waals surface area contributed by atoms with E-state index in [1.165, 1.54) is 18.2 Å². The molecule has 1 heterocycles. The van der Waals surface area contributed by atoms with Gasteiger partial charge in [0.05, 0.1) is 0 Å². The van der Waals surface area contributed by atoms with Gasteiger partial charge in [-0.1, -0.05) is 44.2 Å². The first-order valence-electron chi connectivity index (χ1n) is 10.9. The fraction of sp³-hybridized carbons (Fsp3) is 0.400. The van der Waals surface area contributed by atoms with Crippen LogP contribution < -0.4 is 10.1 Å². The summed E-state index contributed by atoms with van der Waals surface area (Å²) in [5.74, 6) is -0.531. The molecule has 0 spiro atoms. The number of amides is 1. The van der Waals surface area contributed by atoms with Gasteiger partial charge in [0.25, 0.3) is 5.91 Å². The highest BCUT2D eigenvalue weighted by atomic mass is 19.4. The highest BCUT2D eigenvalue weighted by Gasteiger charge is 2.31. The van der Waals surface area contributed by atoms with Gasteiger partial charge in [0.15, 0.2) is 0 Å². The van der Waals surface area contributed by atoms with Crippen molar-refractivity contribution in [3.8, 4) is 5.75 Å². The number of ether oxygens (including phenoxy) is 2. The Labute approximate surface area is 191 Å². The van der Waals surface area contributed by atoms with Crippen LogP contribution in [0, 0.1) is 5.41 Å². The number of aromatic nitrogens is 1. The van der Waals surface area contributed by atoms with Crippen LogP contribution in [0.1, 0.15) is 43.2 Å². The third kappa shape index (κ3) is 6.99. The van der Waals surface area contributed by atoms with E-state index in [0.29, 0.717) is 31.0 Å². The average Bonchev–Trinajstić information content (AvgIpc) is 3.10. The zero-order valence-corrected chi connectivity index (χ0v) is 19.0. The Morgan fingerprint density at radius 2 is 1.82 bits per heavy atom. The van der Waals surface area contributed by atoms with Gasteiger partial charge >= 0.3 is 6.36 Å². The van der Waals surface area contributed by atoms with Gasteiger partial charge in [0.2, 0.25) is 0 Å². The molecule has 0 aliphatic heterocycles.